The van der Waals surface area contributed by atoms with Crippen LogP contribution in [-0.2, 0) is 37.3 Å². The molecule has 0 fully saturated rings. The Hall–Kier alpha value is -7.76. The number of pyridine rings is 1. The fraction of sp³-hybridized carbons (Fsp3) is 0.200. The van der Waals surface area contributed by atoms with E-state index >= 15 is 0 Å². The third kappa shape index (κ3) is 8.87. The van der Waals surface area contributed by atoms with Gasteiger partial charge >= 0.3 is 0 Å². The van der Waals surface area contributed by atoms with Gasteiger partial charge in [-0.25, -0.2) is 4.98 Å². The molecule has 4 heterocycles. The Morgan fingerprint density at radius 3 is 1.67 bits per heavy atom. The standard InChI is InChI=1S/C75H69N4OSi.Pt/c1-48-49(2)70(51-25-14-13-15-26-51)72(71(50(48)3)52-41-54(74(7,8)9)43-55(42-52)75(10,11)12)78-47-77(61-31-18-19-32-62(61)78)56-27-24-28-57(45-56)80-58-37-38-68-64(46-58)79(69-44-53(39-40-76-69)73(4,5)6)63-33-20-23-36-67(63)81(68)65-34-21-16-29-59(65)60-30-17-22-35-66(60)81;/h13-44,47H,1-12H3;/q-3;/i13D,14D,15D,25D,26D;. The summed E-state index contributed by atoms with van der Waals surface area (Å²) < 4.78 is 52.8. The van der Waals surface area contributed by atoms with Crippen LogP contribution < -0.4 is 40.2 Å². The average molecular weight is 1270 g/mol. The molecule has 1 spiro atoms. The number of rotatable bonds is 7. The number of benzene rings is 9. The number of hydrogen-bond donors (Lipinski definition) is 0. The van der Waals surface area contributed by atoms with E-state index in [4.69, 9.17) is 13.8 Å². The van der Waals surface area contributed by atoms with Gasteiger partial charge in [0.2, 0.25) is 0 Å². The van der Waals surface area contributed by atoms with E-state index in [9.17, 15) is 2.74 Å². The number of anilines is 7. The van der Waals surface area contributed by atoms with Gasteiger partial charge in [-0.3, -0.25) is 0 Å². The summed E-state index contributed by atoms with van der Waals surface area (Å²) in [5.41, 5.74) is 16.0. The molecule has 3 aliphatic heterocycles. The maximum absolute atomic E-state index is 9.54. The zero-order chi connectivity index (χ0) is 60.7. The topological polar surface area (TPSA) is 31.8 Å². The minimum atomic E-state index is -2.96. The van der Waals surface area contributed by atoms with Crippen LogP contribution >= 0.6 is 0 Å². The molecule has 0 N–H and O–H groups in total. The van der Waals surface area contributed by atoms with Crippen molar-refractivity contribution in [3.05, 3.63) is 246 Å². The molecule has 3 aliphatic rings. The molecule has 1 aromatic heterocycles. The second-order valence-electron chi connectivity index (χ2n) is 25.1. The van der Waals surface area contributed by atoms with Crippen LogP contribution in [0.1, 0.15) is 103 Å². The van der Waals surface area contributed by atoms with Gasteiger partial charge in [-0.15, -0.1) is 47.9 Å². The molecule has 0 amide bonds. The van der Waals surface area contributed by atoms with Crippen LogP contribution in [0.4, 0.5) is 39.9 Å². The SMILES string of the molecule is [2H]c1c([2H])c([2H])c(-c2c(C)c(C)c(C)c(-c3cc(C(C)(C)C)cc(C(C)(C)C)c3)c2N2[CH-]N(c3[c-]c(Oc4[c-]c5c(cc4)[Si]4(c6ccccc6-c6ccccc64)c4ccccc4N5c4cc(C(C)(C)C)ccn4)ccc3)c3ccccc32)c([2H])c1[2H].[Pt]. The molecule has 10 aromatic rings. The van der Waals surface area contributed by atoms with Crippen LogP contribution in [0.2, 0.25) is 0 Å². The molecule has 412 valence electrons. The summed E-state index contributed by atoms with van der Waals surface area (Å²) in [6.45, 7) is 28.4. The second kappa shape index (κ2) is 20.3. The maximum Gasteiger partial charge on any atom is 0.135 e. The van der Waals surface area contributed by atoms with Crippen LogP contribution in [0.25, 0.3) is 33.4 Å². The molecular weight excluding hydrogens is 1200 g/mol. The predicted molar refractivity (Wildman–Crippen MR) is 342 cm³/mol. The number of aromatic nitrogens is 1. The van der Waals surface area contributed by atoms with Crippen molar-refractivity contribution in [3.63, 3.8) is 0 Å². The van der Waals surface area contributed by atoms with Gasteiger partial charge in [-0.1, -0.05) is 195 Å². The Morgan fingerprint density at radius 1 is 0.500 bits per heavy atom. The smallest absolute Gasteiger partial charge is 0.135 e. The van der Waals surface area contributed by atoms with Crippen LogP contribution in [-0.4, -0.2) is 13.1 Å². The van der Waals surface area contributed by atoms with E-state index in [0.717, 1.165) is 56.4 Å². The normalized spacial score (nSPS) is 14.8. The summed E-state index contributed by atoms with van der Waals surface area (Å²) >= 11 is 0. The van der Waals surface area contributed by atoms with Crippen molar-refractivity contribution in [1.82, 2.24) is 4.98 Å². The first-order valence-electron chi connectivity index (χ1n) is 30.6. The molecule has 82 heavy (non-hydrogen) atoms. The van der Waals surface area contributed by atoms with E-state index in [1.165, 1.54) is 48.6 Å². The van der Waals surface area contributed by atoms with Gasteiger partial charge in [0.25, 0.3) is 0 Å². The summed E-state index contributed by atoms with van der Waals surface area (Å²) in [5, 5.41) is 5.20. The first-order valence-corrected chi connectivity index (χ1v) is 30.1. The number of hydrogen-bond acceptors (Lipinski definition) is 5. The molecule has 0 bridgehead atoms. The van der Waals surface area contributed by atoms with Gasteiger partial charge in [-0.2, -0.15) is 12.1 Å². The molecule has 0 unspecified atom stereocenters. The second-order valence-corrected chi connectivity index (χ2v) is 28.7. The van der Waals surface area contributed by atoms with Crippen LogP contribution in [0, 0.1) is 39.6 Å². The first kappa shape index (κ1) is 48.9. The molecule has 0 atom stereocenters. The van der Waals surface area contributed by atoms with E-state index in [2.05, 4.69) is 230 Å². The molecule has 0 saturated heterocycles. The molecule has 0 aliphatic carbocycles. The van der Waals surface area contributed by atoms with Gasteiger partial charge in [0.1, 0.15) is 13.9 Å². The first-order chi connectivity index (χ1) is 40.9. The van der Waals surface area contributed by atoms with Crippen molar-refractivity contribution in [3.8, 4) is 44.9 Å². The van der Waals surface area contributed by atoms with Crippen molar-refractivity contribution in [2.24, 2.45) is 0 Å². The summed E-state index contributed by atoms with van der Waals surface area (Å²) in [6.07, 6.45) is 1.92. The third-order valence-electron chi connectivity index (χ3n) is 17.0. The number of fused-ring (bicyclic) bond motifs is 10. The minimum absolute atomic E-state index is 0. The molecule has 13 rings (SSSR count). The van der Waals surface area contributed by atoms with E-state index < -0.39 is 14.1 Å². The number of ether oxygens (including phenoxy) is 1. The Kier molecular flexibility index (Phi) is 12.1. The fourth-order valence-corrected chi connectivity index (χ4v) is 18.1. The molecular formula is C75H69N4OPtSi-3. The zero-order valence-corrected chi connectivity index (χ0v) is 52.0. The number of para-hydroxylation sites is 3. The van der Waals surface area contributed by atoms with Crippen molar-refractivity contribution < 1.29 is 32.7 Å². The zero-order valence-electron chi connectivity index (χ0n) is 53.7. The van der Waals surface area contributed by atoms with Crippen LogP contribution in [0.3, 0.4) is 0 Å². The molecule has 7 heteroatoms. The summed E-state index contributed by atoms with van der Waals surface area (Å²) in [7, 11) is -2.96. The van der Waals surface area contributed by atoms with Crippen LogP contribution in [0.5, 0.6) is 11.5 Å². The van der Waals surface area contributed by atoms with Crippen molar-refractivity contribution in [2.45, 2.75) is 99.3 Å². The van der Waals surface area contributed by atoms with Crippen molar-refractivity contribution >= 4 is 68.8 Å². The third-order valence-corrected chi connectivity index (χ3v) is 22.0. The van der Waals surface area contributed by atoms with Gasteiger partial charge in [-0.05, 0) is 139 Å². The van der Waals surface area contributed by atoms with E-state index in [1.807, 2.05) is 50.1 Å². The average Bonchev–Trinajstić information content (AvgIpc) is 1.75. The molecule has 9 aromatic carbocycles. The van der Waals surface area contributed by atoms with E-state index in [1.54, 1.807) is 0 Å². The largest absolute Gasteiger partial charge is 0.509 e. The Balaban J connectivity index is 0.00000739. The van der Waals surface area contributed by atoms with Gasteiger partial charge in [0.05, 0.1) is 6.85 Å². The monoisotopic (exact) mass is 1270 g/mol. The van der Waals surface area contributed by atoms with Crippen molar-refractivity contribution in [1.29, 1.82) is 0 Å². The predicted octanol–water partition coefficient (Wildman–Crippen LogP) is 17.2. The summed E-state index contributed by atoms with van der Waals surface area (Å²) in [4.78, 5) is 11.6. The Labute approximate surface area is 508 Å². The van der Waals surface area contributed by atoms with Gasteiger partial charge < -0.3 is 19.4 Å². The molecule has 0 saturated carbocycles. The summed E-state index contributed by atoms with van der Waals surface area (Å²) in [5.74, 6) is 1.81. The Bertz CT molecular complexity index is 4360. The van der Waals surface area contributed by atoms with Gasteiger partial charge in [0, 0.05) is 72.6 Å². The van der Waals surface area contributed by atoms with Gasteiger partial charge in [0.15, 0.2) is 0 Å². The van der Waals surface area contributed by atoms with E-state index in [-0.39, 0.29) is 67.0 Å². The minimum Gasteiger partial charge on any atom is -0.509 e. The Morgan fingerprint density at radius 2 is 1.05 bits per heavy atom. The van der Waals surface area contributed by atoms with Crippen molar-refractivity contribution in [2.75, 3.05) is 14.7 Å². The molecule has 5 nitrogen and oxygen atoms in total. The van der Waals surface area contributed by atoms with Crippen LogP contribution in [0.15, 0.2) is 194 Å². The summed E-state index contributed by atoms with van der Waals surface area (Å²) in [6, 6.07) is 62.2. The fourth-order valence-electron chi connectivity index (χ4n) is 12.6. The van der Waals surface area contributed by atoms with E-state index in [0.29, 0.717) is 28.4 Å². The maximum atomic E-state index is 9.54. The number of nitrogens with zero attached hydrogens (tertiary/aromatic N) is 4. The quantitative estimate of drug-likeness (QED) is 0.117. The molecule has 0 radical (unpaired) electrons.